The van der Waals surface area contributed by atoms with E-state index in [4.69, 9.17) is 11.5 Å². The number of rotatable bonds is 14. The number of unbranched alkanes of at least 4 members (excludes halogenated alkanes) is 3. The second-order valence-corrected chi connectivity index (χ2v) is 9.01. The van der Waals surface area contributed by atoms with Crippen molar-refractivity contribution in [3.05, 3.63) is 53.0 Å². The second kappa shape index (κ2) is 19.0. The Morgan fingerprint density at radius 2 is 1.39 bits per heavy atom. The van der Waals surface area contributed by atoms with Gasteiger partial charge >= 0.3 is 0 Å². The molecule has 200 valence electrons. The maximum Gasteiger partial charge on any atom is 0.241 e. The van der Waals surface area contributed by atoms with Crippen LogP contribution in [-0.4, -0.2) is 30.3 Å². The van der Waals surface area contributed by atoms with Crippen LogP contribution in [0.4, 0.5) is 17.1 Å². The Morgan fingerprint density at radius 1 is 0.778 bits per heavy atom. The number of nitrogens with two attached hydrogens (primary N) is 2. The van der Waals surface area contributed by atoms with Gasteiger partial charge < -0.3 is 27.4 Å². The molecular formula is C25H36BrCl2N5O3. The highest BCUT2D eigenvalue weighted by Gasteiger charge is 2.15. The Bertz CT molecular complexity index is 965. The average Bonchev–Trinajstić information content (AvgIpc) is 2.80. The molecule has 0 saturated carbocycles. The predicted molar refractivity (Wildman–Crippen MR) is 155 cm³/mol. The number of halogens is 3. The number of benzene rings is 2. The Morgan fingerprint density at radius 3 is 2.00 bits per heavy atom. The van der Waals surface area contributed by atoms with Gasteiger partial charge in [0.2, 0.25) is 17.7 Å². The molecule has 0 aliphatic carbocycles. The number of hydrogen-bond acceptors (Lipinski definition) is 5. The minimum absolute atomic E-state index is 0. The molecule has 0 aliphatic heterocycles. The lowest BCUT2D eigenvalue weighted by atomic mass is 10.1. The molecule has 1 atom stereocenters. The minimum atomic E-state index is -0.629. The number of nitrogens with one attached hydrogen (secondary N) is 3. The molecule has 0 heterocycles. The maximum absolute atomic E-state index is 12.4. The van der Waals surface area contributed by atoms with Gasteiger partial charge in [0.15, 0.2) is 0 Å². The van der Waals surface area contributed by atoms with E-state index in [-0.39, 0.29) is 42.5 Å². The summed E-state index contributed by atoms with van der Waals surface area (Å²) in [4.78, 5) is 36.8. The van der Waals surface area contributed by atoms with Gasteiger partial charge in [-0.1, -0.05) is 47.0 Å². The molecule has 0 radical (unpaired) electrons. The second-order valence-electron chi connectivity index (χ2n) is 8.09. The Labute approximate surface area is 233 Å². The summed E-state index contributed by atoms with van der Waals surface area (Å²) in [5, 5.41) is 8.51. The molecule has 11 heteroatoms. The van der Waals surface area contributed by atoms with Crippen LogP contribution in [0.3, 0.4) is 0 Å². The number of anilines is 3. The van der Waals surface area contributed by atoms with Crippen LogP contribution in [0.5, 0.6) is 0 Å². The zero-order valence-corrected chi connectivity index (χ0v) is 23.4. The summed E-state index contributed by atoms with van der Waals surface area (Å²) in [6, 6.07) is 13.8. The monoisotopic (exact) mass is 603 g/mol. The summed E-state index contributed by atoms with van der Waals surface area (Å²) in [5.74, 6) is -0.485. The molecule has 8 nitrogen and oxygen atoms in total. The van der Waals surface area contributed by atoms with Crippen molar-refractivity contribution < 1.29 is 14.4 Å². The summed E-state index contributed by atoms with van der Waals surface area (Å²) >= 11 is 3.38. The number of amides is 3. The number of hydrogen-bond donors (Lipinski definition) is 5. The summed E-state index contributed by atoms with van der Waals surface area (Å²) in [7, 11) is 0. The topological polar surface area (TPSA) is 139 Å². The van der Waals surface area contributed by atoms with E-state index < -0.39 is 6.04 Å². The quantitative estimate of drug-likeness (QED) is 0.188. The van der Waals surface area contributed by atoms with Crippen molar-refractivity contribution in [3.63, 3.8) is 0 Å². The molecule has 0 bridgehead atoms. The lowest BCUT2D eigenvalue weighted by molar-refractivity contribution is -0.118. The standard InChI is InChI=1S/C25H34BrN5O3.2ClH/c26-18-9-8-10-19(17-18)29-23(32)14-2-1-3-15-24(33)30-21-12-4-5-13-22(21)31-25(34)20(28)11-6-7-16-27;;/h4-5,8-10,12-13,17,20H,1-3,6-7,11,14-16,27-28H2,(H,29,32)(H,30,33)(H,31,34);2*1H/t20-;;/m0../s1. The van der Waals surface area contributed by atoms with Crippen LogP contribution in [0.2, 0.25) is 0 Å². The first-order chi connectivity index (χ1) is 16.4. The highest BCUT2D eigenvalue weighted by atomic mass is 79.9. The molecular weight excluding hydrogens is 569 g/mol. The van der Waals surface area contributed by atoms with E-state index in [0.29, 0.717) is 50.0 Å². The van der Waals surface area contributed by atoms with Crippen molar-refractivity contribution in [1.82, 2.24) is 0 Å². The maximum atomic E-state index is 12.4. The van der Waals surface area contributed by atoms with E-state index >= 15 is 0 Å². The first kappa shape index (κ1) is 33.8. The summed E-state index contributed by atoms with van der Waals surface area (Å²) in [5.41, 5.74) is 13.2. The first-order valence-corrected chi connectivity index (χ1v) is 12.4. The first-order valence-electron chi connectivity index (χ1n) is 11.6. The molecule has 7 N–H and O–H groups in total. The Kier molecular flexibility index (Phi) is 17.9. The highest BCUT2D eigenvalue weighted by Crippen LogP contribution is 2.22. The fourth-order valence-electron chi connectivity index (χ4n) is 3.32. The van der Waals surface area contributed by atoms with Crippen LogP contribution in [0.25, 0.3) is 0 Å². The van der Waals surface area contributed by atoms with Crippen molar-refractivity contribution in [2.75, 3.05) is 22.5 Å². The molecule has 0 fully saturated rings. The molecule has 2 aromatic rings. The predicted octanol–water partition coefficient (Wildman–Crippen LogP) is 5.22. The van der Waals surface area contributed by atoms with E-state index in [0.717, 1.165) is 29.4 Å². The average molecular weight is 605 g/mol. The van der Waals surface area contributed by atoms with Crippen molar-refractivity contribution in [3.8, 4) is 0 Å². The van der Waals surface area contributed by atoms with Crippen molar-refractivity contribution in [1.29, 1.82) is 0 Å². The summed E-state index contributed by atoms with van der Waals surface area (Å²) < 4.78 is 0.905. The fourth-order valence-corrected chi connectivity index (χ4v) is 3.72. The highest BCUT2D eigenvalue weighted by molar-refractivity contribution is 9.10. The zero-order valence-electron chi connectivity index (χ0n) is 20.1. The minimum Gasteiger partial charge on any atom is -0.330 e. The SMILES string of the molecule is Cl.Cl.NCCCC[C@H](N)C(=O)Nc1ccccc1NC(=O)CCCCCC(=O)Nc1cccc(Br)c1. The van der Waals surface area contributed by atoms with Crippen LogP contribution >= 0.6 is 40.7 Å². The lowest BCUT2D eigenvalue weighted by Crippen LogP contribution is -2.35. The van der Waals surface area contributed by atoms with E-state index in [1.54, 1.807) is 24.3 Å². The summed E-state index contributed by atoms with van der Waals surface area (Å²) in [6.45, 7) is 0.572. The van der Waals surface area contributed by atoms with Gasteiger partial charge in [-0.2, -0.15) is 0 Å². The molecule has 3 amide bonds. The van der Waals surface area contributed by atoms with Gasteiger partial charge in [0.25, 0.3) is 0 Å². The van der Waals surface area contributed by atoms with Gasteiger partial charge in [-0.25, -0.2) is 0 Å². The van der Waals surface area contributed by atoms with Gasteiger partial charge in [-0.3, -0.25) is 14.4 Å². The van der Waals surface area contributed by atoms with Gasteiger partial charge in [0.1, 0.15) is 0 Å². The molecule has 2 rings (SSSR count). The van der Waals surface area contributed by atoms with E-state index in [2.05, 4.69) is 31.9 Å². The third kappa shape index (κ3) is 13.2. The molecule has 0 aliphatic rings. The van der Waals surface area contributed by atoms with Crippen molar-refractivity contribution in [2.45, 2.75) is 57.4 Å². The van der Waals surface area contributed by atoms with Gasteiger partial charge in [-0.05, 0) is 62.6 Å². The molecule has 36 heavy (non-hydrogen) atoms. The number of para-hydroxylation sites is 2. The van der Waals surface area contributed by atoms with Gasteiger partial charge in [0.05, 0.1) is 17.4 Å². The molecule has 0 unspecified atom stereocenters. The molecule has 2 aromatic carbocycles. The Balaban J connectivity index is 0.00000612. The van der Waals surface area contributed by atoms with Crippen molar-refractivity contribution in [2.24, 2.45) is 11.5 Å². The number of carbonyl (C=O) groups excluding carboxylic acids is 3. The van der Waals surface area contributed by atoms with E-state index in [1.807, 2.05) is 24.3 Å². The van der Waals surface area contributed by atoms with Crippen molar-refractivity contribution >= 4 is 75.5 Å². The smallest absolute Gasteiger partial charge is 0.241 e. The molecule has 0 saturated heterocycles. The molecule has 0 spiro atoms. The third-order valence-corrected chi connectivity index (χ3v) is 5.67. The normalized spacial score (nSPS) is 10.9. The fraction of sp³-hybridized carbons (Fsp3) is 0.400. The summed E-state index contributed by atoms with van der Waals surface area (Å²) in [6.07, 6.45) is 5.01. The van der Waals surface area contributed by atoms with Gasteiger partial charge in [0, 0.05) is 23.0 Å². The van der Waals surface area contributed by atoms with E-state index in [9.17, 15) is 14.4 Å². The van der Waals surface area contributed by atoms with Gasteiger partial charge in [-0.15, -0.1) is 24.8 Å². The zero-order chi connectivity index (χ0) is 24.8. The third-order valence-electron chi connectivity index (χ3n) is 5.18. The van der Waals surface area contributed by atoms with Crippen LogP contribution < -0.4 is 27.4 Å². The number of carbonyl (C=O) groups is 3. The van der Waals surface area contributed by atoms with Crippen LogP contribution in [-0.2, 0) is 14.4 Å². The Hall–Kier alpha value is -2.17. The lowest BCUT2D eigenvalue weighted by Gasteiger charge is -2.15. The van der Waals surface area contributed by atoms with Crippen LogP contribution in [0.1, 0.15) is 51.4 Å². The van der Waals surface area contributed by atoms with E-state index in [1.165, 1.54) is 0 Å². The van der Waals surface area contributed by atoms with Crippen LogP contribution in [0.15, 0.2) is 53.0 Å². The van der Waals surface area contributed by atoms with Crippen LogP contribution in [0, 0.1) is 0 Å². The largest absolute Gasteiger partial charge is 0.330 e. The molecule has 0 aromatic heterocycles.